The monoisotopic (exact) mass is 243 g/mol. The van der Waals surface area contributed by atoms with Gasteiger partial charge >= 0.3 is 0 Å². The van der Waals surface area contributed by atoms with Gasteiger partial charge in [-0.15, -0.1) is 0 Å². The summed E-state index contributed by atoms with van der Waals surface area (Å²) in [7, 11) is 0. The van der Waals surface area contributed by atoms with E-state index in [1.807, 2.05) is 20.8 Å². The van der Waals surface area contributed by atoms with Crippen molar-refractivity contribution in [2.75, 3.05) is 6.54 Å². The van der Waals surface area contributed by atoms with E-state index in [1.165, 1.54) is 6.20 Å². The lowest BCUT2D eigenvalue weighted by atomic mass is 9.99. The lowest BCUT2D eigenvalue weighted by Crippen LogP contribution is -2.26. The molecule has 0 aliphatic carbocycles. The number of nitrogens with zero attached hydrogens (tertiary/aromatic N) is 2. The van der Waals surface area contributed by atoms with Crippen LogP contribution in [0.1, 0.15) is 43.7 Å². The first-order valence-electron chi connectivity index (χ1n) is 5.50. The molecular formula is C11H18ClN3O. The summed E-state index contributed by atoms with van der Waals surface area (Å²) in [5.41, 5.74) is 6.05. The van der Waals surface area contributed by atoms with E-state index in [0.29, 0.717) is 17.3 Å². The first-order chi connectivity index (χ1) is 7.52. The van der Waals surface area contributed by atoms with Crippen LogP contribution in [0.2, 0.25) is 5.02 Å². The Kier molecular flexibility index (Phi) is 4.50. The summed E-state index contributed by atoms with van der Waals surface area (Å²) in [6, 6.07) is 0.113. The van der Waals surface area contributed by atoms with Gasteiger partial charge < -0.3 is 5.73 Å². The van der Waals surface area contributed by atoms with Crippen LogP contribution in [0.5, 0.6) is 0 Å². The highest BCUT2D eigenvalue weighted by Gasteiger charge is 2.24. The molecule has 0 bridgehead atoms. The summed E-state index contributed by atoms with van der Waals surface area (Å²) in [5.74, 6) is -0.187. The summed E-state index contributed by atoms with van der Waals surface area (Å²) in [6.45, 7) is 6.21. The summed E-state index contributed by atoms with van der Waals surface area (Å²) in [5, 5.41) is 4.52. The van der Waals surface area contributed by atoms with Crippen molar-refractivity contribution in [1.82, 2.24) is 9.78 Å². The van der Waals surface area contributed by atoms with Crippen molar-refractivity contribution < 1.29 is 4.79 Å². The van der Waals surface area contributed by atoms with E-state index >= 15 is 0 Å². The minimum atomic E-state index is -0.174. The molecule has 0 fully saturated rings. The van der Waals surface area contributed by atoms with Gasteiger partial charge in [0.25, 0.3) is 0 Å². The van der Waals surface area contributed by atoms with Crippen LogP contribution in [0.25, 0.3) is 0 Å². The van der Waals surface area contributed by atoms with Crippen molar-refractivity contribution >= 4 is 17.4 Å². The van der Waals surface area contributed by atoms with Crippen LogP contribution in [-0.4, -0.2) is 22.1 Å². The van der Waals surface area contributed by atoms with E-state index in [-0.39, 0.29) is 17.7 Å². The molecule has 0 aliphatic heterocycles. The maximum absolute atomic E-state index is 12.2. The van der Waals surface area contributed by atoms with Gasteiger partial charge in [0.05, 0.1) is 11.2 Å². The highest BCUT2D eigenvalue weighted by molar-refractivity contribution is 6.33. The number of Topliss-reactive ketones (excluding diaryl/α,β-unsaturated/α-hetero) is 1. The molecule has 16 heavy (non-hydrogen) atoms. The zero-order valence-electron chi connectivity index (χ0n) is 9.90. The van der Waals surface area contributed by atoms with E-state index in [2.05, 4.69) is 5.10 Å². The van der Waals surface area contributed by atoms with Crippen molar-refractivity contribution in [3.63, 3.8) is 0 Å². The predicted molar refractivity (Wildman–Crippen MR) is 64.8 cm³/mol. The Morgan fingerprint density at radius 1 is 1.62 bits per heavy atom. The molecule has 4 nitrogen and oxygen atoms in total. The van der Waals surface area contributed by atoms with Crippen molar-refractivity contribution in [2.45, 2.75) is 33.2 Å². The van der Waals surface area contributed by atoms with Gasteiger partial charge in [0, 0.05) is 18.5 Å². The number of aromatic nitrogens is 2. The molecule has 0 aromatic carbocycles. The highest BCUT2D eigenvalue weighted by Crippen LogP contribution is 2.22. The number of nitrogens with two attached hydrogens (primary N) is 1. The number of carbonyl (C=O) groups excluding carboxylic acids is 1. The average molecular weight is 244 g/mol. The number of rotatable bonds is 5. The molecule has 0 radical (unpaired) electrons. The number of hydrogen-bond acceptors (Lipinski definition) is 3. The molecule has 1 atom stereocenters. The van der Waals surface area contributed by atoms with Crippen molar-refractivity contribution in [2.24, 2.45) is 11.7 Å². The summed E-state index contributed by atoms with van der Waals surface area (Å²) < 4.78 is 1.66. The number of halogens is 1. The Labute approximate surface area is 101 Å². The van der Waals surface area contributed by atoms with Gasteiger partial charge in [0.1, 0.15) is 5.69 Å². The Hall–Kier alpha value is -0.870. The minimum absolute atomic E-state index is 0.0128. The minimum Gasteiger partial charge on any atom is -0.330 e. The molecule has 0 aliphatic rings. The first kappa shape index (κ1) is 13.2. The van der Waals surface area contributed by atoms with Crippen molar-refractivity contribution in [3.8, 4) is 0 Å². The lowest BCUT2D eigenvalue weighted by molar-refractivity contribution is 0.0908. The molecule has 0 saturated heterocycles. The fourth-order valence-electron chi connectivity index (χ4n) is 1.62. The fraction of sp³-hybridized carbons (Fsp3) is 0.636. The summed E-state index contributed by atoms with van der Waals surface area (Å²) in [6.07, 6.45) is 2.23. The third-order valence-corrected chi connectivity index (χ3v) is 2.90. The summed E-state index contributed by atoms with van der Waals surface area (Å²) in [4.78, 5) is 12.2. The lowest BCUT2D eigenvalue weighted by Gasteiger charge is -2.15. The predicted octanol–water partition coefficient (Wildman–Crippen LogP) is 2.29. The van der Waals surface area contributed by atoms with Crippen LogP contribution >= 0.6 is 11.6 Å². The third-order valence-electron chi connectivity index (χ3n) is 2.62. The maximum Gasteiger partial charge on any atom is 0.186 e. The van der Waals surface area contributed by atoms with Crippen LogP contribution in [0.4, 0.5) is 0 Å². The first-order valence-corrected chi connectivity index (χ1v) is 5.87. The molecule has 1 unspecified atom stereocenters. The number of ketones is 1. The topological polar surface area (TPSA) is 60.9 Å². The van der Waals surface area contributed by atoms with Gasteiger partial charge in [0.15, 0.2) is 5.78 Å². The Morgan fingerprint density at radius 2 is 2.25 bits per heavy atom. The molecule has 0 saturated carbocycles. The quantitative estimate of drug-likeness (QED) is 0.808. The molecule has 1 heterocycles. The second-order valence-corrected chi connectivity index (χ2v) is 4.49. The van der Waals surface area contributed by atoms with Crippen LogP contribution in [-0.2, 0) is 0 Å². The van der Waals surface area contributed by atoms with Crippen molar-refractivity contribution in [1.29, 1.82) is 0 Å². The van der Waals surface area contributed by atoms with E-state index in [4.69, 9.17) is 17.3 Å². The zero-order valence-corrected chi connectivity index (χ0v) is 10.7. The Morgan fingerprint density at radius 3 is 2.69 bits per heavy atom. The molecule has 90 valence electrons. The maximum atomic E-state index is 12.2. The molecule has 0 amide bonds. The molecule has 0 spiro atoms. The smallest absolute Gasteiger partial charge is 0.186 e. The van der Waals surface area contributed by atoms with Gasteiger partial charge in [-0.05, 0) is 20.3 Å². The molecule has 1 aromatic heterocycles. The Bertz CT molecular complexity index is 369. The molecule has 5 heteroatoms. The van der Waals surface area contributed by atoms with Crippen LogP contribution in [0, 0.1) is 5.92 Å². The average Bonchev–Trinajstić information content (AvgIpc) is 2.61. The third kappa shape index (κ3) is 2.44. The number of hydrogen-bond donors (Lipinski definition) is 1. The summed E-state index contributed by atoms with van der Waals surface area (Å²) >= 11 is 6.00. The van der Waals surface area contributed by atoms with Gasteiger partial charge in [-0.3, -0.25) is 9.48 Å². The zero-order chi connectivity index (χ0) is 12.3. The number of carbonyl (C=O) groups is 1. The largest absolute Gasteiger partial charge is 0.330 e. The normalized spacial score (nSPS) is 13.1. The van der Waals surface area contributed by atoms with Gasteiger partial charge in [0.2, 0.25) is 0 Å². The van der Waals surface area contributed by atoms with Gasteiger partial charge in [-0.2, -0.15) is 5.10 Å². The van der Waals surface area contributed by atoms with Crippen LogP contribution in [0.3, 0.4) is 0 Å². The highest BCUT2D eigenvalue weighted by atomic mass is 35.5. The van der Waals surface area contributed by atoms with E-state index in [1.54, 1.807) is 4.68 Å². The second kappa shape index (κ2) is 5.46. The van der Waals surface area contributed by atoms with Crippen LogP contribution in [0.15, 0.2) is 6.20 Å². The Balaban J connectivity index is 3.11. The van der Waals surface area contributed by atoms with E-state index in [0.717, 1.165) is 6.42 Å². The standard InChI is InChI=1S/C11H18ClN3O/c1-4-8(5-13)11(16)10-9(12)6-14-15(10)7(2)3/h6-8H,4-5,13H2,1-3H3. The van der Waals surface area contributed by atoms with Crippen LogP contribution < -0.4 is 5.73 Å². The van der Waals surface area contributed by atoms with Gasteiger partial charge in [-0.1, -0.05) is 18.5 Å². The molecule has 1 rings (SSSR count). The fourth-order valence-corrected chi connectivity index (χ4v) is 1.84. The molecule has 1 aromatic rings. The molecular weight excluding hydrogens is 226 g/mol. The SMILES string of the molecule is CCC(CN)C(=O)c1c(Cl)cnn1C(C)C. The molecule has 2 N–H and O–H groups in total. The van der Waals surface area contributed by atoms with Gasteiger partial charge in [-0.25, -0.2) is 0 Å². The van der Waals surface area contributed by atoms with E-state index in [9.17, 15) is 4.79 Å². The van der Waals surface area contributed by atoms with Crippen molar-refractivity contribution in [3.05, 3.63) is 16.9 Å². The second-order valence-electron chi connectivity index (χ2n) is 4.08. The van der Waals surface area contributed by atoms with E-state index < -0.39 is 0 Å².